The number of thioether (sulfide) groups is 1. The number of fused-ring (bicyclic) bond motifs is 1. The van der Waals surface area contributed by atoms with E-state index in [0.717, 1.165) is 36.8 Å². The molecule has 1 atom stereocenters. The average molecular weight is 505 g/mol. The summed E-state index contributed by atoms with van der Waals surface area (Å²) in [4.78, 5) is 6.40. The number of benzene rings is 3. The van der Waals surface area contributed by atoms with Crippen LogP contribution in [-0.2, 0) is 13.0 Å². The second-order valence-electron chi connectivity index (χ2n) is 10.0. The molecule has 0 saturated heterocycles. The number of nitrogens with zero attached hydrogens (tertiary/aromatic N) is 2. The molecule has 1 heterocycles. The summed E-state index contributed by atoms with van der Waals surface area (Å²) in [5.41, 5.74) is 3.97. The van der Waals surface area contributed by atoms with Gasteiger partial charge in [0.05, 0.1) is 12.8 Å². The second kappa shape index (κ2) is 12.6. The smallest absolute Gasteiger partial charge is 0.119 e. The Morgan fingerprint density at radius 1 is 0.861 bits per heavy atom. The van der Waals surface area contributed by atoms with Crippen molar-refractivity contribution < 1.29 is 9.47 Å². The Morgan fingerprint density at radius 3 is 2.17 bits per heavy atom. The minimum Gasteiger partial charge on any atom is -0.497 e. The zero-order valence-corrected chi connectivity index (χ0v) is 23.1. The fourth-order valence-electron chi connectivity index (χ4n) is 4.98. The zero-order valence-electron chi connectivity index (χ0n) is 22.3. The molecule has 0 saturated carbocycles. The van der Waals surface area contributed by atoms with Crippen molar-refractivity contribution in [2.45, 2.75) is 63.7 Å². The van der Waals surface area contributed by atoms with Crippen molar-refractivity contribution >= 4 is 17.4 Å². The average Bonchev–Trinajstić information content (AvgIpc) is 2.89. The van der Waals surface area contributed by atoms with Crippen molar-refractivity contribution in [3.05, 3.63) is 83.9 Å². The van der Waals surface area contributed by atoms with Crippen molar-refractivity contribution in [3.63, 3.8) is 0 Å². The van der Waals surface area contributed by atoms with Crippen LogP contribution in [0.15, 0.2) is 77.7 Å². The summed E-state index contributed by atoms with van der Waals surface area (Å²) >= 11 is 1.97. The molecule has 3 aromatic carbocycles. The molecule has 4 rings (SSSR count). The van der Waals surface area contributed by atoms with Crippen LogP contribution in [0.25, 0.3) is 0 Å². The van der Waals surface area contributed by atoms with Crippen molar-refractivity contribution in [1.82, 2.24) is 4.90 Å². The van der Waals surface area contributed by atoms with E-state index in [0.29, 0.717) is 24.7 Å². The quantitative estimate of drug-likeness (QED) is 0.282. The third-order valence-corrected chi connectivity index (χ3v) is 8.11. The molecule has 192 valence electrons. The molecule has 36 heavy (non-hydrogen) atoms. The van der Waals surface area contributed by atoms with Gasteiger partial charge in [-0.2, -0.15) is 0 Å². The summed E-state index contributed by atoms with van der Waals surface area (Å²) in [5, 5.41) is 0. The topological polar surface area (TPSA) is 24.9 Å². The highest BCUT2D eigenvalue weighted by atomic mass is 32.2. The van der Waals surface area contributed by atoms with E-state index in [1.54, 1.807) is 7.11 Å². The van der Waals surface area contributed by atoms with Crippen LogP contribution in [-0.4, -0.2) is 49.0 Å². The first-order valence-electron chi connectivity index (χ1n) is 13.0. The van der Waals surface area contributed by atoms with Crippen LogP contribution in [0.2, 0.25) is 0 Å². The van der Waals surface area contributed by atoms with E-state index in [4.69, 9.17) is 9.47 Å². The molecule has 0 aliphatic carbocycles. The van der Waals surface area contributed by atoms with Gasteiger partial charge in [-0.25, -0.2) is 0 Å². The molecular formula is C31H40N2O2S. The van der Waals surface area contributed by atoms with Gasteiger partial charge in [0.2, 0.25) is 0 Å². The van der Waals surface area contributed by atoms with Crippen LogP contribution >= 0.6 is 11.8 Å². The lowest BCUT2D eigenvalue weighted by Crippen LogP contribution is -2.41. The van der Waals surface area contributed by atoms with Crippen LogP contribution in [0.1, 0.15) is 38.8 Å². The summed E-state index contributed by atoms with van der Waals surface area (Å²) in [6, 6.07) is 27.4. The minimum absolute atomic E-state index is 0.423. The van der Waals surface area contributed by atoms with Gasteiger partial charge in [-0.1, -0.05) is 36.4 Å². The van der Waals surface area contributed by atoms with Gasteiger partial charge in [-0.3, -0.25) is 4.90 Å². The van der Waals surface area contributed by atoms with E-state index in [2.05, 4.69) is 110 Å². The van der Waals surface area contributed by atoms with Gasteiger partial charge >= 0.3 is 0 Å². The van der Waals surface area contributed by atoms with Gasteiger partial charge in [0.1, 0.15) is 18.1 Å². The van der Waals surface area contributed by atoms with Gasteiger partial charge < -0.3 is 14.4 Å². The number of hydrogen-bond acceptors (Lipinski definition) is 5. The summed E-state index contributed by atoms with van der Waals surface area (Å²) in [6.45, 7) is 11.5. The minimum atomic E-state index is 0.423. The Morgan fingerprint density at radius 2 is 1.50 bits per heavy atom. The molecule has 0 fully saturated rings. The third kappa shape index (κ3) is 6.77. The summed E-state index contributed by atoms with van der Waals surface area (Å²) in [7, 11) is 1.72. The maximum Gasteiger partial charge on any atom is 0.119 e. The molecule has 0 aromatic heterocycles. The van der Waals surface area contributed by atoms with Crippen molar-refractivity contribution in [2.24, 2.45) is 0 Å². The second-order valence-corrected chi connectivity index (χ2v) is 11.1. The van der Waals surface area contributed by atoms with Crippen molar-refractivity contribution in [1.29, 1.82) is 0 Å². The normalized spacial score (nSPS) is 15.4. The molecule has 0 bridgehead atoms. The summed E-state index contributed by atoms with van der Waals surface area (Å²) < 4.78 is 11.4. The van der Waals surface area contributed by atoms with E-state index >= 15 is 0 Å². The highest BCUT2D eigenvalue weighted by Gasteiger charge is 2.27. The van der Waals surface area contributed by atoms with Gasteiger partial charge in [-0.05, 0) is 81.6 Å². The highest BCUT2D eigenvalue weighted by molar-refractivity contribution is 7.99. The Labute approximate surface area is 221 Å². The number of para-hydroxylation sites is 1. The van der Waals surface area contributed by atoms with E-state index < -0.39 is 0 Å². The first-order valence-corrected chi connectivity index (χ1v) is 14.0. The van der Waals surface area contributed by atoms with Crippen molar-refractivity contribution in [3.8, 4) is 11.5 Å². The lowest BCUT2D eigenvalue weighted by molar-refractivity contribution is 0.142. The molecular weight excluding hydrogens is 464 g/mol. The van der Waals surface area contributed by atoms with Gasteiger partial charge in [-0.15, -0.1) is 11.8 Å². The number of ether oxygens (including phenoxy) is 2. The largest absolute Gasteiger partial charge is 0.497 e. The molecule has 4 nitrogen and oxygen atoms in total. The number of methoxy groups -OCH3 is 1. The maximum absolute atomic E-state index is 6.09. The third-order valence-electron chi connectivity index (χ3n) is 6.90. The highest BCUT2D eigenvalue weighted by Crippen LogP contribution is 2.39. The Kier molecular flexibility index (Phi) is 9.22. The molecule has 0 N–H and O–H groups in total. The monoisotopic (exact) mass is 504 g/mol. The summed E-state index contributed by atoms with van der Waals surface area (Å²) in [5.74, 6) is 2.92. The van der Waals surface area contributed by atoms with Crippen LogP contribution in [0.5, 0.6) is 11.5 Å². The number of hydrogen-bond donors (Lipinski definition) is 0. The SMILES string of the molecule is COc1ccc(C[C@H]2CSc3ccccc3N2Cc2ccc(OCCN(C(C)C)C(C)C)cc2)cc1. The van der Waals surface area contributed by atoms with E-state index in [-0.39, 0.29) is 0 Å². The fourth-order valence-corrected chi connectivity index (χ4v) is 6.15. The van der Waals surface area contributed by atoms with Crippen LogP contribution in [0.3, 0.4) is 0 Å². The summed E-state index contributed by atoms with van der Waals surface area (Å²) in [6.07, 6.45) is 1.01. The first-order chi connectivity index (χ1) is 17.4. The molecule has 0 amide bonds. The van der Waals surface area contributed by atoms with Crippen LogP contribution < -0.4 is 14.4 Å². The molecule has 0 spiro atoms. The lowest BCUT2D eigenvalue weighted by Gasteiger charge is -2.39. The van der Waals surface area contributed by atoms with Gasteiger partial charge in [0.15, 0.2) is 0 Å². The lowest BCUT2D eigenvalue weighted by atomic mass is 10.0. The molecule has 0 radical (unpaired) electrons. The van der Waals surface area contributed by atoms with Crippen molar-refractivity contribution in [2.75, 3.05) is 30.9 Å². The standard InChI is InChI=1S/C31H40N2O2S/c1-23(2)32(24(3)4)18-19-35-29-16-12-26(13-17-29)21-33-27(20-25-10-14-28(34-5)15-11-25)22-36-31-9-7-6-8-30(31)33/h6-17,23-24,27H,18-22H2,1-5H3/t27-/m0/s1. The van der Waals surface area contributed by atoms with E-state index in [1.165, 1.54) is 21.7 Å². The number of rotatable bonds is 11. The molecule has 0 unspecified atom stereocenters. The molecule has 1 aliphatic rings. The molecule has 3 aromatic rings. The predicted octanol–water partition coefficient (Wildman–Crippen LogP) is 6.92. The van der Waals surface area contributed by atoms with Gasteiger partial charge in [0.25, 0.3) is 0 Å². The Hall–Kier alpha value is -2.63. The predicted molar refractivity (Wildman–Crippen MR) is 153 cm³/mol. The molecule has 1 aliphatic heterocycles. The Bertz CT molecular complexity index is 1070. The first kappa shape index (κ1) is 26.4. The fraction of sp³-hybridized carbons (Fsp3) is 0.419. The van der Waals surface area contributed by atoms with Gasteiger partial charge in [0, 0.05) is 41.9 Å². The molecule has 5 heteroatoms. The van der Waals surface area contributed by atoms with Crippen LogP contribution in [0.4, 0.5) is 5.69 Å². The Balaban J connectivity index is 1.43. The van der Waals surface area contributed by atoms with E-state index in [9.17, 15) is 0 Å². The zero-order chi connectivity index (χ0) is 25.5. The number of anilines is 1. The maximum atomic E-state index is 6.09. The van der Waals surface area contributed by atoms with E-state index in [1.807, 2.05) is 11.8 Å². The van der Waals surface area contributed by atoms with Crippen LogP contribution in [0, 0.1) is 0 Å².